The van der Waals surface area contributed by atoms with Crippen LogP contribution in [0.15, 0.2) is 59.5 Å². The fourth-order valence-electron chi connectivity index (χ4n) is 3.95. The third kappa shape index (κ3) is 5.40. The monoisotopic (exact) mass is 481 g/mol. The van der Waals surface area contributed by atoms with E-state index >= 15 is 0 Å². The molecule has 0 saturated carbocycles. The maximum Gasteiger partial charge on any atom is 0.326 e. The minimum atomic E-state index is -0.931. The van der Waals surface area contributed by atoms with Crippen molar-refractivity contribution < 1.29 is 23.0 Å². The molecule has 9 heteroatoms. The summed E-state index contributed by atoms with van der Waals surface area (Å²) in [5.41, 5.74) is 1.67. The fraction of sp³-hybridized carbons (Fsp3) is 0.269. The zero-order chi connectivity index (χ0) is 24.9. The Morgan fingerprint density at radius 3 is 2.57 bits per heavy atom. The normalized spacial score (nSPS) is 11.1. The van der Waals surface area contributed by atoms with E-state index in [1.54, 1.807) is 29.5 Å². The van der Waals surface area contributed by atoms with Gasteiger partial charge in [0.25, 0.3) is 0 Å². The Morgan fingerprint density at radius 2 is 1.86 bits per heavy atom. The first-order valence-electron chi connectivity index (χ1n) is 11.2. The summed E-state index contributed by atoms with van der Waals surface area (Å²) in [5.74, 6) is -1.61. The lowest BCUT2D eigenvalue weighted by Gasteiger charge is -2.14. The largest absolute Gasteiger partial charge is 0.497 e. The Bertz CT molecular complexity index is 1410. The molecule has 182 valence electrons. The van der Waals surface area contributed by atoms with Gasteiger partial charge < -0.3 is 14.0 Å². The van der Waals surface area contributed by atoms with E-state index < -0.39 is 17.6 Å². The Labute approximate surface area is 200 Å². The average molecular weight is 481 g/mol. The number of carbonyl (C=O) groups is 1. The topological polar surface area (TPSA) is 75.3 Å². The minimum Gasteiger partial charge on any atom is -0.497 e. The Morgan fingerprint density at radius 1 is 1.09 bits per heavy atom. The molecule has 0 amide bonds. The summed E-state index contributed by atoms with van der Waals surface area (Å²) >= 11 is 0. The molecule has 2 heterocycles. The van der Waals surface area contributed by atoms with Crippen LogP contribution in [0.5, 0.6) is 5.75 Å². The van der Waals surface area contributed by atoms with Crippen molar-refractivity contribution in [2.45, 2.75) is 32.9 Å². The van der Waals surface area contributed by atoms with Crippen LogP contribution in [0.2, 0.25) is 0 Å². The predicted octanol–water partition coefficient (Wildman–Crippen LogP) is 3.88. The van der Waals surface area contributed by atoms with Crippen molar-refractivity contribution in [3.63, 3.8) is 0 Å². The highest BCUT2D eigenvalue weighted by molar-refractivity contribution is 5.77. The number of nitrogens with zero attached hydrogens (tertiary/aromatic N) is 3. The lowest BCUT2D eigenvalue weighted by atomic mass is 10.1. The maximum atomic E-state index is 14.2. The molecule has 7 nitrogen and oxygen atoms in total. The molecule has 35 heavy (non-hydrogen) atoms. The van der Waals surface area contributed by atoms with Gasteiger partial charge in [-0.2, -0.15) is 5.10 Å². The van der Waals surface area contributed by atoms with Crippen molar-refractivity contribution in [1.82, 2.24) is 14.3 Å². The number of hydrogen-bond acceptors (Lipinski definition) is 5. The maximum absolute atomic E-state index is 14.2. The summed E-state index contributed by atoms with van der Waals surface area (Å²) < 4.78 is 41.3. The molecule has 0 saturated heterocycles. The number of hydrogen-bond donors (Lipinski definition) is 0. The van der Waals surface area contributed by atoms with Crippen molar-refractivity contribution in [3.8, 4) is 5.75 Å². The number of fused-ring (bicyclic) bond motifs is 1. The summed E-state index contributed by atoms with van der Waals surface area (Å²) in [6, 6.07) is 12.9. The quantitative estimate of drug-likeness (QED) is 0.339. The molecular formula is C26H25F2N3O4. The number of methoxy groups -OCH3 is 1. The number of halogens is 2. The van der Waals surface area contributed by atoms with Gasteiger partial charge in [0.15, 0.2) is 22.7 Å². The number of carbonyl (C=O) groups excluding carboxylic acids is 1. The van der Waals surface area contributed by atoms with Crippen LogP contribution in [0, 0.1) is 11.6 Å². The number of aromatic nitrogens is 3. The van der Waals surface area contributed by atoms with Gasteiger partial charge in [-0.05, 0) is 49.1 Å². The molecule has 0 fully saturated rings. The van der Waals surface area contributed by atoms with Gasteiger partial charge in [-0.1, -0.05) is 24.3 Å². The highest BCUT2D eigenvalue weighted by Crippen LogP contribution is 2.18. The first-order valence-corrected chi connectivity index (χ1v) is 11.2. The fourth-order valence-corrected chi connectivity index (χ4v) is 3.95. The van der Waals surface area contributed by atoms with Gasteiger partial charge in [-0.3, -0.25) is 14.3 Å². The van der Waals surface area contributed by atoms with Gasteiger partial charge in [-0.25, -0.2) is 8.78 Å². The zero-order valence-electron chi connectivity index (χ0n) is 19.5. The Hall–Kier alpha value is -4.01. The van der Waals surface area contributed by atoms with Crippen LogP contribution in [0.25, 0.3) is 11.0 Å². The molecule has 0 aliphatic rings. The van der Waals surface area contributed by atoms with E-state index in [-0.39, 0.29) is 37.0 Å². The number of esters is 1. The molecule has 2 aromatic carbocycles. The summed E-state index contributed by atoms with van der Waals surface area (Å²) in [7, 11) is 1.59. The third-order valence-electron chi connectivity index (χ3n) is 5.69. The molecule has 0 spiro atoms. The summed E-state index contributed by atoms with van der Waals surface area (Å²) in [6.45, 7) is 2.15. The number of benzene rings is 2. The van der Waals surface area contributed by atoms with Crippen molar-refractivity contribution in [2.24, 2.45) is 0 Å². The number of ether oxygens (including phenoxy) is 2. The zero-order valence-corrected chi connectivity index (χ0v) is 19.5. The van der Waals surface area contributed by atoms with Gasteiger partial charge in [0.2, 0.25) is 0 Å². The van der Waals surface area contributed by atoms with Crippen LogP contribution < -0.4 is 10.2 Å². The van der Waals surface area contributed by atoms with E-state index in [1.165, 1.54) is 18.2 Å². The highest BCUT2D eigenvalue weighted by atomic mass is 19.2. The van der Waals surface area contributed by atoms with Gasteiger partial charge in [0.1, 0.15) is 12.3 Å². The first-order chi connectivity index (χ1) is 16.9. The van der Waals surface area contributed by atoms with Crippen LogP contribution in [0.4, 0.5) is 8.78 Å². The van der Waals surface area contributed by atoms with E-state index in [0.717, 1.165) is 17.4 Å². The summed E-state index contributed by atoms with van der Waals surface area (Å²) in [5, 5.41) is 4.93. The molecule has 2 aromatic heterocycles. The Kier molecular flexibility index (Phi) is 7.24. The first kappa shape index (κ1) is 24.1. The number of pyridine rings is 1. The molecule has 0 bridgehead atoms. The molecule has 4 aromatic rings. The van der Waals surface area contributed by atoms with Gasteiger partial charge in [0, 0.05) is 18.0 Å². The summed E-state index contributed by atoms with van der Waals surface area (Å²) in [6.07, 6.45) is 1.99. The van der Waals surface area contributed by atoms with Gasteiger partial charge >= 0.3 is 5.97 Å². The van der Waals surface area contributed by atoms with Crippen molar-refractivity contribution in [1.29, 1.82) is 0 Å². The molecule has 0 aliphatic carbocycles. The minimum absolute atomic E-state index is 0.143. The van der Waals surface area contributed by atoms with Crippen LogP contribution >= 0.6 is 0 Å². The lowest BCUT2D eigenvalue weighted by molar-refractivity contribution is -0.143. The Balaban J connectivity index is 1.71. The van der Waals surface area contributed by atoms with E-state index in [4.69, 9.17) is 9.47 Å². The number of aryl methyl sites for hydroxylation is 2. The SMILES string of the molecule is CCOC(=O)Cn1c(CCc2cccc(F)c2F)cc(=O)c2cn(Cc3ccc(OC)cc3)nc21. The van der Waals surface area contributed by atoms with Crippen LogP contribution in [0.3, 0.4) is 0 Å². The van der Waals surface area contributed by atoms with Crippen LogP contribution in [-0.4, -0.2) is 34.0 Å². The number of rotatable bonds is 9. The average Bonchev–Trinajstić information content (AvgIpc) is 3.27. The molecule has 0 radical (unpaired) electrons. The summed E-state index contributed by atoms with van der Waals surface area (Å²) in [4.78, 5) is 25.3. The predicted molar refractivity (Wildman–Crippen MR) is 126 cm³/mol. The van der Waals surface area contributed by atoms with Crippen molar-refractivity contribution in [2.75, 3.05) is 13.7 Å². The van der Waals surface area contributed by atoms with E-state index in [9.17, 15) is 18.4 Å². The molecule has 0 aliphatic heterocycles. The van der Waals surface area contributed by atoms with E-state index in [0.29, 0.717) is 23.3 Å². The van der Waals surface area contributed by atoms with E-state index in [1.807, 2.05) is 24.3 Å². The van der Waals surface area contributed by atoms with Crippen LogP contribution in [0.1, 0.15) is 23.7 Å². The smallest absolute Gasteiger partial charge is 0.326 e. The van der Waals surface area contributed by atoms with Gasteiger partial charge in [0.05, 0.1) is 25.6 Å². The van der Waals surface area contributed by atoms with E-state index in [2.05, 4.69) is 5.10 Å². The van der Waals surface area contributed by atoms with Crippen molar-refractivity contribution in [3.05, 3.63) is 93.4 Å². The second-order valence-electron chi connectivity index (χ2n) is 8.02. The lowest BCUT2D eigenvalue weighted by Crippen LogP contribution is -2.21. The molecule has 0 N–H and O–H groups in total. The van der Waals surface area contributed by atoms with Gasteiger partial charge in [-0.15, -0.1) is 0 Å². The highest BCUT2D eigenvalue weighted by Gasteiger charge is 2.17. The second-order valence-corrected chi connectivity index (χ2v) is 8.02. The third-order valence-corrected chi connectivity index (χ3v) is 5.69. The molecule has 0 atom stereocenters. The van der Waals surface area contributed by atoms with Crippen LogP contribution in [-0.2, 0) is 35.5 Å². The standard InChI is InChI=1S/C26H25F2N3O4/c1-3-35-24(33)16-31-19(10-9-18-5-4-6-22(27)25(18)28)13-23(32)21-15-30(29-26(21)31)14-17-7-11-20(34-2)12-8-17/h4-8,11-13,15H,3,9-10,14,16H2,1-2H3. The second kappa shape index (κ2) is 10.5. The molecule has 4 rings (SSSR count). The molecular weight excluding hydrogens is 456 g/mol. The molecule has 0 unspecified atom stereocenters. The van der Waals surface area contributed by atoms with Crippen molar-refractivity contribution >= 4 is 17.0 Å².